The number of benzene rings is 1. The van der Waals surface area contributed by atoms with Crippen LogP contribution in [0.3, 0.4) is 0 Å². The van der Waals surface area contributed by atoms with Gasteiger partial charge >= 0.3 is 6.09 Å². The molecule has 0 spiro atoms. The first-order chi connectivity index (χ1) is 14.7. The minimum Gasteiger partial charge on any atom is -0.444 e. The number of hydrogen-bond acceptors (Lipinski definition) is 4. The minimum absolute atomic E-state index is 0.0302. The molecular weight excluding hydrogens is 390 g/mol. The van der Waals surface area contributed by atoms with E-state index in [0.29, 0.717) is 19.0 Å². The largest absolute Gasteiger partial charge is 0.444 e. The minimum atomic E-state index is -0.503. The van der Waals surface area contributed by atoms with Gasteiger partial charge in [-0.3, -0.25) is 9.69 Å². The highest BCUT2D eigenvalue weighted by Crippen LogP contribution is 2.34. The molecule has 0 bridgehead atoms. The molecule has 0 radical (unpaired) electrons. The van der Waals surface area contributed by atoms with E-state index in [1.807, 2.05) is 34.6 Å². The Balaban J connectivity index is 0.00000166. The van der Waals surface area contributed by atoms with E-state index in [2.05, 4.69) is 46.7 Å². The summed E-state index contributed by atoms with van der Waals surface area (Å²) in [5, 5.41) is 6.19. The summed E-state index contributed by atoms with van der Waals surface area (Å²) in [5.74, 6) is 0.454. The summed E-state index contributed by atoms with van der Waals surface area (Å²) in [7, 11) is 0. The number of nitrogens with one attached hydrogen (secondary N) is 2. The number of fused-ring (bicyclic) bond motifs is 1. The maximum Gasteiger partial charge on any atom is 0.407 e. The molecule has 1 heterocycles. The fraction of sp³-hybridized carbons (Fsp3) is 0.680. The van der Waals surface area contributed by atoms with Crippen LogP contribution in [0.4, 0.5) is 4.79 Å². The van der Waals surface area contributed by atoms with Crippen LogP contribution in [0.1, 0.15) is 77.8 Å². The standard InChI is InChI=1S/C23H35N3O3.C2H6/c1-5-18-19-9-7-6-8-16(19)10-11-20(18)25-21(27)15-26-13-12-17(14-26)24-22(28)29-23(2,3)4;1-2/h6-9,17-18,20H,5,10-15H2,1-4H3,(H,24,28)(H,25,27);1-2H3. The fourth-order valence-corrected chi connectivity index (χ4v) is 4.55. The normalized spacial score (nSPS) is 23.2. The Kier molecular flexibility index (Phi) is 9.35. The summed E-state index contributed by atoms with van der Waals surface area (Å²) in [4.78, 5) is 26.7. The Morgan fingerprint density at radius 3 is 2.52 bits per heavy atom. The molecule has 1 aliphatic heterocycles. The topological polar surface area (TPSA) is 70.7 Å². The molecule has 1 saturated heterocycles. The van der Waals surface area contributed by atoms with E-state index in [0.717, 1.165) is 32.2 Å². The van der Waals surface area contributed by atoms with Crippen LogP contribution in [0.2, 0.25) is 0 Å². The average molecular weight is 432 g/mol. The Morgan fingerprint density at radius 1 is 1.13 bits per heavy atom. The zero-order valence-corrected chi connectivity index (χ0v) is 20.2. The summed E-state index contributed by atoms with van der Waals surface area (Å²) >= 11 is 0. The number of carbonyl (C=O) groups is 2. The van der Waals surface area contributed by atoms with Gasteiger partial charge in [-0.25, -0.2) is 4.79 Å². The van der Waals surface area contributed by atoms with Gasteiger partial charge in [0.15, 0.2) is 0 Å². The molecule has 1 aromatic rings. The van der Waals surface area contributed by atoms with Crippen LogP contribution in [0.25, 0.3) is 0 Å². The van der Waals surface area contributed by atoms with Crippen LogP contribution in [-0.4, -0.2) is 54.2 Å². The highest BCUT2D eigenvalue weighted by atomic mass is 16.6. The van der Waals surface area contributed by atoms with E-state index in [9.17, 15) is 9.59 Å². The van der Waals surface area contributed by atoms with Gasteiger partial charge in [-0.1, -0.05) is 45.0 Å². The van der Waals surface area contributed by atoms with E-state index in [-0.39, 0.29) is 24.1 Å². The maximum absolute atomic E-state index is 12.7. The van der Waals surface area contributed by atoms with E-state index >= 15 is 0 Å². The highest BCUT2D eigenvalue weighted by Gasteiger charge is 2.31. The van der Waals surface area contributed by atoms with Crippen LogP contribution in [-0.2, 0) is 16.0 Å². The molecule has 6 nitrogen and oxygen atoms in total. The molecule has 1 aromatic carbocycles. The molecule has 6 heteroatoms. The number of rotatable bonds is 5. The van der Waals surface area contributed by atoms with Gasteiger partial charge in [0, 0.05) is 31.1 Å². The van der Waals surface area contributed by atoms with E-state index in [1.165, 1.54) is 11.1 Å². The first-order valence-corrected chi connectivity index (χ1v) is 11.8. The summed E-state index contributed by atoms with van der Waals surface area (Å²) in [6.45, 7) is 13.6. The van der Waals surface area contributed by atoms with Crippen molar-refractivity contribution in [2.24, 2.45) is 0 Å². The Bertz CT molecular complexity index is 729. The van der Waals surface area contributed by atoms with Crippen molar-refractivity contribution in [3.05, 3.63) is 35.4 Å². The Labute approximate surface area is 188 Å². The van der Waals surface area contributed by atoms with Gasteiger partial charge in [0.25, 0.3) is 0 Å². The third-order valence-electron chi connectivity index (χ3n) is 5.81. The molecule has 0 saturated carbocycles. The number of alkyl carbamates (subject to hydrolysis) is 1. The number of ether oxygens (including phenoxy) is 1. The molecule has 174 valence electrons. The van der Waals surface area contributed by atoms with Crippen LogP contribution in [0.5, 0.6) is 0 Å². The van der Waals surface area contributed by atoms with Gasteiger partial charge in [-0.2, -0.15) is 0 Å². The lowest BCUT2D eigenvalue weighted by Gasteiger charge is -2.34. The SMILES string of the molecule is CC.CCC1c2ccccc2CCC1NC(=O)CN1CCC(NC(=O)OC(C)(C)C)C1. The van der Waals surface area contributed by atoms with Crippen molar-refractivity contribution in [1.82, 2.24) is 15.5 Å². The molecule has 1 aliphatic carbocycles. The van der Waals surface area contributed by atoms with Crippen LogP contribution >= 0.6 is 0 Å². The average Bonchev–Trinajstić information content (AvgIpc) is 3.14. The number of nitrogens with zero attached hydrogens (tertiary/aromatic N) is 1. The van der Waals surface area contributed by atoms with Crippen molar-refractivity contribution < 1.29 is 14.3 Å². The third kappa shape index (κ3) is 7.53. The van der Waals surface area contributed by atoms with Crippen LogP contribution in [0.15, 0.2) is 24.3 Å². The van der Waals surface area contributed by atoms with Crippen molar-refractivity contribution in [2.45, 2.75) is 90.8 Å². The fourth-order valence-electron chi connectivity index (χ4n) is 4.55. The van der Waals surface area contributed by atoms with E-state index < -0.39 is 5.60 Å². The van der Waals surface area contributed by atoms with Crippen LogP contribution in [0, 0.1) is 0 Å². The first kappa shape index (κ1) is 25.2. The quantitative estimate of drug-likeness (QED) is 0.732. The van der Waals surface area contributed by atoms with Gasteiger partial charge in [0.2, 0.25) is 5.91 Å². The zero-order valence-electron chi connectivity index (χ0n) is 20.2. The predicted octanol–water partition coefficient (Wildman–Crippen LogP) is 4.24. The molecule has 3 atom stereocenters. The summed E-state index contributed by atoms with van der Waals surface area (Å²) in [5.41, 5.74) is 2.30. The van der Waals surface area contributed by atoms with E-state index in [4.69, 9.17) is 4.74 Å². The lowest BCUT2D eigenvalue weighted by molar-refractivity contribution is -0.123. The second-order valence-corrected chi connectivity index (χ2v) is 9.29. The molecule has 3 unspecified atom stereocenters. The third-order valence-corrected chi connectivity index (χ3v) is 5.81. The molecular formula is C25H41N3O3. The van der Waals surface area contributed by atoms with Crippen LogP contribution < -0.4 is 10.6 Å². The van der Waals surface area contributed by atoms with Gasteiger partial charge in [-0.05, 0) is 57.6 Å². The van der Waals surface area contributed by atoms with Gasteiger partial charge in [-0.15, -0.1) is 0 Å². The second kappa shape index (κ2) is 11.5. The van der Waals surface area contributed by atoms with Crippen molar-refractivity contribution in [3.63, 3.8) is 0 Å². The van der Waals surface area contributed by atoms with Gasteiger partial charge in [0.05, 0.1) is 6.54 Å². The number of likely N-dealkylation sites (tertiary alicyclic amines) is 1. The molecule has 0 aromatic heterocycles. The number of carbonyl (C=O) groups excluding carboxylic acids is 2. The van der Waals surface area contributed by atoms with Crippen molar-refractivity contribution >= 4 is 12.0 Å². The molecule has 2 N–H and O–H groups in total. The number of amides is 2. The first-order valence-electron chi connectivity index (χ1n) is 11.8. The second-order valence-electron chi connectivity index (χ2n) is 9.29. The lowest BCUT2D eigenvalue weighted by Crippen LogP contribution is -2.46. The molecule has 1 fully saturated rings. The van der Waals surface area contributed by atoms with Crippen molar-refractivity contribution in [3.8, 4) is 0 Å². The Hall–Kier alpha value is -2.08. The van der Waals surface area contributed by atoms with Gasteiger partial charge in [0.1, 0.15) is 5.60 Å². The highest BCUT2D eigenvalue weighted by molar-refractivity contribution is 5.78. The molecule has 2 aliphatic rings. The number of hydrogen-bond donors (Lipinski definition) is 2. The molecule has 2 amide bonds. The van der Waals surface area contributed by atoms with Crippen molar-refractivity contribution in [1.29, 1.82) is 0 Å². The Morgan fingerprint density at radius 2 is 1.84 bits per heavy atom. The predicted molar refractivity (Wildman–Crippen MR) is 125 cm³/mol. The molecule has 3 rings (SSSR count). The molecule has 31 heavy (non-hydrogen) atoms. The zero-order chi connectivity index (χ0) is 23.0. The van der Waals surface area contributed by atoms with Gasteiger partial charge < -0.3 is 15.4 Å². The lowest BCUT2D eigenvalue weighted by atomic mass is 9.78. The number of aryl methyl sites for hydroxylation is 1. The summed E-state index contributed by atoms with van der Waals surface area (Å²) in [6.07, 6.45) is 3.47. The summed E-state index contributed by atoms with van der Waals surface area (Å²) < 4.78 is 5.32. The van der Waals surface area contributed by atoms with E-state index in [1.54, 1.807) is 0 Å². The summed E-state index contributed by atoms with van der Waals surface area (Å²) in [6, 6.07) is 8.82. The maximum atomic E-state index is 12.7. The van der Waals surface area contributed by atoms with Crippen molar-refractivity contribution in [2.75, 3.05) is 19.6 Å². The monoisotopic (exact) mass is 431 g/mol. The smallest absolute Gasteiger partial charge is 0.407 e.